The van der Waals surface area contributed by atoms with Crippen molar-refractivity contribution in [2.24, 2.45) is 10.7 Å². The lowest BCUT2D eigenvalue weighted by Crippen LogP contribution is -2.33. The van der Waals surface area contributed by atoms with Crippen LogP contribution in [0.15, 0.2) is 29.3 Å². The molecule has 1 rings (SSSR count). The number of hydrogen-bond acceptors (Lipinski definition) is 2. The van der Waals surface area contributed by atoms with Crippen molar-refractivity contribution in [3.63, 3.8) is 0 Å². The fourth-order valence-electron chi connectivity index (χ4n) is 2.05. The van der Waals surface area contributed by atoms with Crippen LogP contribution in [0, 0.1) is 0 Å². The molecule has 23 heavy (non-hydrogen) atoms. The van der Waals surface area contributed by atoms with E-state index < -0.39 is 0 Å². The smallest absolute Gasteiger partial charge is 0.246 e. The number of nitrogens with zero attached hydrogens (tertiary/aromatic N) is 1. The van der Waals surface area contributed by atoms with Crippen LogP contribution in [0.3, 0.4) is 0 Å². The molecule has 0 fully saturated rings. The molecule has 0 aliphatic carbocycles. The highest BCUT2D eigenvalue weighted by molar-refractivity contribution is 14.0. The summed E-state index contributed by atoms with van der Waals surface area (Å²) < 4.78 is 0. The molecule has 0 bridgehead atoms. The van der Waals surface area contributed by atoms with Crippen LogP contribution >= 0.6 is 24.0 Å². The number of hydrogen-bond donors (Lipinski definition) is 3. The Morgan fingerprint density at radius 2 is 2.00 bits per heavy atom. The van der Waals surface area contributed by atoms with Crippen LogP contribution in [-0.2, 0) is 11.2 Å². The van der Waals surface area contributed by atoms with Gasteiger partial charge in [-0.15, -0.1) is 24.0 Å². The minimum absolute atomic E-state index is 0. The molecule has 0 aromatic heterocycles. The normalized spacial score (nSPS) is 10.8. The number of rotatable bonds is 9. The SMILES string of the molecule is CCCCCCNC(N)=NCC(=O)Nc1cccc(CC)c1.I. The Balaban J connectivity index is 0.00000484. The van der Waals surface area contributed by atoms with Crippen LogP contribution in [0.1, 0.15) is 45.1 Å². The van der Waals surface area contributed by atoms with Gasteiger partial charge >= 0.3 is 0 Å². The predicted molar refractivity (Wildman–Crippen MR) is 108 cm³/mol. The number of carbonyl (C=O) groups excluding carboxylic acids is 1. The molecule has 4 N–H and O–H groups in total. The Hall–Kier alpha value is -1.31. The Morgan fingerprint density at radius 1 is 1.22 bits per heavy atom. The van der Waals surface area contributed by atoms with Crippen LogP contribution in [-0.4, -0.2) is 25.0 Å². The monoisotopic (exact) mass is 432 g/mol. The first-order valence-electron chi connectivity index (χ1n) is 8.08. The van der Waals surface area contributed by atoms with Crippen LogP contribution in [0.25, 0.3) is 0 Å². The largest absolute Gasteiger partial charge is 0.370 e. The van der Waals surface area contributed by atoms with E-state index in [4.69, 9.17) is 5.73 Å². The fraction of sp³-hybridized carbons (Fsp3) is 0.529. The first-order chi connectivity index (χ1) is 10.7. The van der Waals surface area contributed by atoms with E-state index in [1.807, 2.05) is 24.3 Å². The molecule has 0 spiro atoms. The van der Waals surface area contributed by atoms with E-state index in [1.165, 1.54) is 24.8 Å². The third-order valence-electron chi connectivity index (χ3n) is 3.35. The Kier molecular flexibility index (Phi) is 12.4. The van der Waals surface area contributed by atoms with E-state index in [9.17, 15) is 4.79 Å². The Bertz CT molecular complexity index is 491. The zero-order valence-corrected chi connectivity index (χ0v) is 16.4. The number of amides is 1. The van der Waals surface area contributed by atoms with E-state index in [0.29, 0.717) is 5.96 Å². The van der Waals surface area contributed by atoms with Gasteiger partial charge in [0.2, 0.25) is 5.91 Å². The zero-order valence-electron chi connectivity index (χ0n) is 14.1. The van der Waals surface area contributed by atoms with Crippen molar-refractivity contribution >= 4 is 41.5 Å². The number of guanidine groups is 1. The minimum Gasteiger partial charge on any atom is -0.370 e. The van der Waals surface area contributed by atoms with Crippen LogP contribution in [0.5, 0.6) is 0 Å². The Morgan fingerprint density at radius 3 is 2.70 bits per heavy atom. The molecule has 1 amide bonds. The highest BCUT2D eigenvalue weighted by Crippen LogP contribution is 2.10. The number of aryl methyl sites for hydroxylation is 1. The van der Waals surface area contributed by atoms with E-state index in [1.54, 1.807) is 0 Å². The highest BCUT2D eigenvalue weighted by atomic mass is 127. The topological polar surface area (TPSA) is 79.5 Å². The third-order valence-corrected chi connectivity index (χ3v) is 3.35. The zero-order chi connectivity index (χ0) is 16.2. The molecule has 0 saturated carbocycles. The minimum atomic E-state index is -0.163. The molecule has 1 aromatic rings. The van der Waals surface area contributed by atoms with Crippen molar-refractivity contribution in [3.05, 3.63) is 29.8 Å². The van der Waals surface area contributed by atoms with Crippen LogP contribution in [0.4, 0.5) is 5.69 Å². The van der Waals surface area contributed by atoms with E-state index in [0.717, 1.165) is 25.1 Å². The highest BCUT2D eigenvalue weighted by Gasteiger charge is 2.02. The third kappa shape index (κ3) is 10.1. The van der Waals surface area contributed by atoms with Gasteiger partial charge < -0.3 is 16.4 Å². The number of benzene rings is 1. The summed E-state index contributed by atoms with van der Waals surface area (Å²) in [5.74, 6) is 0.165. The molecule has 130 valence electrons. The molecule has 0 saturated heterocycles. The number of halogens is 1. The summed E-state index contributed by atoms with van der Waals surface area (Å²) in [6.45, 7) is 5.09. The van der Waals surface area contributed by atoms with Crippen molar-refractivity contribution in [3.8, 4) is 0 Å². The summed E-state index contributed by atoms with van der Waals surface area (Å²) in [6, 6.07) is 7.81. The van der Waals surface area contributed by atoms with Gasteiger partial charge in [-0.2, -0.15) is 0 Å². The summed E-state index contributed by atoms with van der Waals surface area (Å²) in [6.07, 6.45) is 5.64. The number of aliphatic imine (C=N–C) groups is 1. The van der Waals surface area contributed by atoms with Gasteiger partial charge in [-0.05, 0) is 30.5 Å². The van der Waals surface area contributed by atoms with E-state index >= 15 is 0 Å². The van der Waals surface area contributed by atoms with Gasteiger partial charge in [-0.1, -0.05) is 45.2 Å². The van der Waals surface area contributed by atoms with Gasteiger partial charge in [0.1, 0.15) is 6.54 Å². The molecular weight excluding hydrogens is 403 g/mol. The van der Waals surface area contributed by atoms with Crippen LogP contribution in [0.2, 0.25) is 0 Å². The lowest BCUT2D eigenvalue weighted by Gasteiger charge is -2.07. The number of nitrogens with one attached hydrogen (secondary N) is 2. The second kappa shape index (κ2) is 13.2. The molecule has 5 nitrogen and oxygen atoms in total. The van der Waals surface area contributed by atoms with Crippen LogP contribution < -0.4 is 16.4 Å². The number of anilines is 1. The first kappa shape index (κ1) is 21.7. The van der Waals surface area contributed by atoms with Gasteiger partial charge in [0, 0.05) is 12.2 Å². The molecule has 0 unspecified atom stereocenters. The second-order valence-electron chi connectivity index (χ2n) is 5.29. The van der Waals surface area contributed by atoms with Crippen molar-refractivity contribution in [1.82, 2.24) is 5.32 Å². The molecule has 0 aliphatic heterocycles. The van der Waals surface area contributed by atoms with Crippen molar-refractivity contribution in [2.45, 2.75) is 46.0 Å². The lowest BCUT2D eigenvalue weighted by molar-refractivity contribution is -0.114. The maximum absolute atomic E-state index is 11.8. The van der Waals surface area contributed by atoms with Gasteiger partial charge in [0.25, 0.3) is 0 Å². The van der Waals surface area contributed by atoms with Gasteiger partial charge in [0.15, 0.2) is 5.96 Å². The molecule has 0 aliphatic rings. The quantitative estimate of drug-likeness (QED) is 0.243. The van der Waals surface area contributed by atoms with Gasteiger partial charge in [0.05, 0.1) is 0 Å². The maximum atomic E-state index is 11.8. The second-order valence-corrected chi connectivity index (χ2v) is 5.29. The molecule has 6 heteroatoms. The summed E-state index contributed by atoms with van der Waals surface area (Å²) in [5.41, 5.74) is 7.72. The van der Waals surface area contributed by atoms with Crippen molar-refractivity contribution in [2.75, 3.05) is 18.4 Å². The van der Waals surface area contributed by atoms with E-state index in [-0.39, 0.29) is 36.4 Å². The molecule has 0 radical (unpaired) electrons. The predicted octanol–water partition coefficient (Wildman–Crippen LogP) is 3.29. The average Bonchev–Trinajstić information content (AvgIpc) is 2.53. The van der Waals surface area contributed by atoms with E-state index in [2.05, 4.69) is 29.5 Å². The Labute approximate surface area is 156 Å². The summed E-state index contributed by atoms with van der Waals surface area (Å²) in [4.78, 5) is 15.9. The summed E-state index contributed by atoms with van der Waals surface area (Å²) >= 11 is 0. The first-order valence-corrected chi connectivity index (χ1v) is 8.08. The molecule has 0 atom stereocenters. The molecule has 0 heterocycles. The van der Waals surface area contributed by atoms with Crippen molar-refractivity contribution in [1.29, 1.82) is 0 Å². The van der Waals surface area contributed by atoms with Gasteiger partial charge in [-0.3, -0.25) is 4.79 Å². The molecular formula is C17H29IN4O. The average molecular weight is 432 g/mol. The fourth-order valence-corrected chi connectivity index (χ4v) is 2.05. The van der Waals surface area contributed by atoms with Gasteiger partial charge in [-0.25, -0.2) is 4.99 Å². The number of carbonyl (C=O) groups is 1. The summed E-state index contributed by atoms with van der Waals surface area (Å²) in [5, 5.41) is 5.85. The summed E-state index contributed by atoms with van der Waals surface area (Å²) in [7, 11) is 0. The standard InChI is InChI=1S/C17H28N4O.HI/c1-3-5-6-7-11-19-17(18)20-13-16(22)21-15-10-8-9-14(4-2)12-15;/h8-10,12H,3-7,11,13H2,1-2H3,(H,21,22)(H3,18,19,20);1H. The van der Waals surface area contributed by atoms with Crippen molar-refractivity contribution < 1.29 is 4.79 Å². The maximum Gasteiger partial charge on any atom is 0.246 e. The lowest BCUT2D eigenvalue weighted by atomic mass is 10.1. The number of unbranched alkanes of at least 4 members (excludes halogenated alkanes) is 3. The number of nitrogens with two attached hydrogens (primary N) is 1. The molecule has 1 aromatic carbocycles.